The molecular weight excluding hydrogens is 841 g/mol. The monoisotopic (exact) mass is 902 g/mol. The van der Waals surface area contributed by atoms with E-state index in [-0.39, 0.29) is 0 Å². The van der Waals surface area contributed by atoms with Gasteiger partial charge in [-0.05, 0) is 165 Å². The van der Waals surface area contributed by atoms with Crippen LogP contribution in [0.25, 0.3) is 78.1 Å². The molecule has 0 N–H and O–H groups in total. The Hall–Kier alpha value is -7.50. The van der Waals surface area contributed by atoms with E-state index in [1.807, 2.05) is 18.5 Å². The number of pyridine rings is 1. The van der Waals surface area contributed by atoms with Gasteiger partial charge in [-0.25, -0.2) is 9.97 Å². The fourth-order valence-electron chi connectivity index (χ4n) is 10.5. The third-order valence-electron chi connectivity index (χ3n) is 13.9. The molecule has 0 saturated heterocycles. The zero-order valence-electron chi connectivity index (χ0n) is 41.7. The molecule has 0 saturated carbocycles. The minimum absolute atomic E-state index is 0.292. The summed E-state index contributed by atoms with van der Waals surface area (Å²) in [4.78, 5) is 10.1. The van der Waals surface area contributed by atoms with Crippen LogP contribution in [0.5, 0.6) is 11.5 Å². The standard InChI is InChI=1S/C64H62N4O/c1-39(2)52-23-16-24-53(40(3)4)62(52)47-29-30-65-60(37-47)68-58-28-25-46(61-43(9)17-14-18-44(61)10)34-57(58)54-27-26-51(38-59(54)68)69-50-22-15-21-48(33-50)64-66-31-32-67(64)63-55(41(5)6)35-49(36-56(63)42(7)8)45-19-12-11-13-20-45/h11-42H,1-10H3. The summed E-state index contributed by atoms with van der Waals surface area (Å²) in [5, 5.41) is 2.31. The van der Waals surface area contributed by atoms with E-state index in [4.69, 9.17) is 14.7 Å². The first kappa shape index (κ1) is 45.3. The maximum absolute atomic E-state index is 6.88. The predicted molar refractivity (Wildman–Crippen MR) is 290 cm³/mol. The highest BCUT2D eigenvalue weighted by Crippen LogP contribution is 2.42. The Balaban J connectivity index is 1.09. The molecule has 0 spiro atoms. The van der Waals surface area contributed by atoms with Gasteiger partial charge in [-0.15, -0.1) is 0 Å². The van der Waals surface area contributed by atoms with Gasteiger partial charge in [-0.1, -0.05) is 140 Å². The molecule has 3 heterocycles. The third-order valence-corrected chi connectivity index (χ3v) is 13.9. The quantitative estimate of drug-likeness (QED) is 0.123. The van der Waals surface area contributed by atoms with Crippen LogP contribution in [0.3, 0.4) is 0 Å². The number of imidazole rings is 1. The summed E-state index contributed by atoms with van der Waals surface area (Å²) in [6.07, 6.45) is 5.98. The molecule has 10 aromatic rings. The second-order valence-electron chi connectivity index (χ2n) is 20.0. The van der Waals surface area contributed by atoms with Gasteiger partial charge in [0.2, 0.25) is 0 Å². The first-order valence-corrected chi connectivity index (χ1v) is 24.7. The number of benzene rings is 7. The molecule has 0 atom stereocenters. The lowest BCUT2D eigenvalue weighted by atomic mass is 9.85. The Morgan fingerprint density at radius 3 is 1.72 bits per heavy atom. The Labute approximate surface area is 408 Å². The molecule has 0 radical (unpaired) electrons. The molecule has 0 fully saturated rings. The molecule has 5 heteroatoms. The molecule has 10 rings (SSSR count). The van der Waals surface area contributed by atoms with Gasteiger partial charge in [0.25, 0.3) is 0 Å². The van der Waals surface area contributed by atoms with Gasteiger partial charge in [0.1, 0.15) is 23.1 Å². The van der Waals surface area contributed by atoms with Crippen LogP contribution in [-0.4, -0.2) is 19.1 Å². The number of ether oxygens (including phenoxy) is 1. The lowest BCUT2D eigenvalue weighted by Gasteiger charge is -2.24. The molecule has 0 aliphatic heterocycles. The fraction of sp³-hybridized carbons (Fsp3) is 0.219. The van der Waals surface area contributed by atoms with Crippen molar-refractivity contribution in [3.8, 4) is 67.8 Å². The number of nitrogens with zero attached hydrogens (tertiary/aromatic N) is 4. The van der Waals surface area contributed by atoms with Crippen molar-refractivity contribution in [3.05, 3.63) is 204 Å². The predicted octanol–water partition coefficient (Wildman–Crippen LogP) is 17.9. The minimum Gasteiger partial charge on any atom is -0.457 e. The van der Waals surface area contributed by atoms with E-state index in [2.05, 4.69) is 230 Å². The van der Waals surface area contributed by atoms with Crippen LogP contribution >= 0.6 is 0 Å². The van der Waals surface area contributed by atoms with Crippen LogP contribution in [0.4, 0.5) is 0 Å². The summed E-state index contributed by atoms with van der Waals surface area (Å²) < 4.78 is 11.5. The van der Waals surface area contributed by atoms with Crippen LogP contribution in [0, 0.1) is 13.8 Å². The van der Waals surface area contributed by atoms with Gasteiger partial charge in [0.15, 0.2) is 0 Å². The van der Waals surface area contributed by atoms with Gasteiger partial charge in [-0.2, -0.15) is 0 Å². The number of hydrogen-bond acceptors (Lipinski definition) is 3. The van der Waals surface area contributed by atoms with Gasteiger partial charge >= 0.3 is 0 Å². The van der Waals surface area contributed by atoms with Crippen molar-refractivity contribution in [1.29, 1.82) is 0 Å². The van der Waals surface area contributed by atoms with Crippen molar-refractivity contribution in [3.63, 3.8) is 0 Å². The number of hydrogen-bond donors (Lipinski definition) is 0. The second kappa shape index (κ2) is 18.5. The molecule has 0 bridgehead atoms. The average molecular weight is 903 g/mol. The Morgan fingerprint density at radius 2 is 1.04 bits per heavy atom. The van der Waals surface area contributed by atoms with E-state index in [0.717, 1.165) is 45.1 Å². The Morgan fingerprint density at radius 1 is 0.420 bits per heavy atom. The molecular formula is C64H62N4O. The average Bonchev–Trinajstić information content (AvgIpc) is 3.96. The molecule has 5 nitrogen and oxygen atoms in total. The summed E-state index contributed by atoms with van der Waals surface area (Å²) >= 11 is 0. The number of rotatable bonds is 12. The second-order valence-corrected chi connectivity index (χ2v) is 20.0. The SMILES string of the molecule is Cc1cccc(C)c1-c1ccc2c(c1)c1ccc(Oc3cccc(-c4nccn4-c4c(C(C)C)cc(-c5ccccc5)cc4C(C)C)c3)cc1n2-c1cc(-c2c(C(C)C)cccc2C(C)C)ccn1. The van der Waals surface area contributed by atoms with Crippen LogP contribution in [-0.2, 0) is 0 Å². The highest BCUT2D eigenvalue weighted by atomic mass is 16.5. The maximum Gasteiger partial charge on any atom is 0.144 e. The molecule has 3 aromatic heterocycles. The minimum atomic E-state index is 0.292. The van der Waals surface area contributed by atoms with Crippen molar-refractivity contribution in [2.45, 2.75) is 92.9 Å². The highest BCUT2D eigenvalue weighted by Gasteiger charge is 2.23. The van der Waals surface area contributed by atoms with Crippen LogP contribution in [0.15, 0.2) is 170 Å². The summed E-state index contributed by atoms with van der Waals surface area (Å²) in [7, 11) is 0. The Bertz CT molecular complexity index is 3440. The van der Waals surface area contributed by atoms with Crippen molar-refractivity contribution >= 4 is 21.8 Å². The van der Waals surface area contributed by atoms with Gasteiger partial charge in [0.05, 0.1) is 16.7 Å². The molecule has 0 aliphatic carbocycles. The first-order chi connectivity index (χ1) is 33.4. The van der Waals surface area contributed by atoms with E-state index in [9.17, 15) is 0 Å². The molecule has 0 aliphatic rings. The normalized spacial score (nSPS) is 11.9. The van der Waals surface area contributed by atoms with Crippen molar-refractivity contribution < 1.29 is 4.74 Å². The molecule has 344 valence electrons. The molecule has 0 unspecified atom stereocenters. The van der Waals surface area contributed by atoms with E-state index in [1.54, 1.807) is 0 Å². The van der Waals surface area contributed by atoms with Gasteiger partial charge in [0, 0.05) is 41.0 Å². The fourth-order valence-corrected chi connectivity index (χ4v) is 10.5. The van der Waals surface area contributed by atoms with Crippen LogP contribution in [0.2, 0.25) is 0 Å². The lowest BCUT2D eigenvalue weighted by molar-refractivity contribution is 0.483. The first-order valence-electron chi connectivity index (χ1n) is 24.7. The van der Waals surface area contributed by atoms with Crippen molar-refractivity contribution in [2.75, 3.05) is 0 Å². The molecule has 7 aromatic carbocycles. The van der Waals surface area contributed by atoms with E-state index in [1.165, 1.54) is 77.8 Å². The lowest BCUT2D eigenvalue weighted by Crippen LogP contribution is -2.08. The third kappa shape index (κ3) is 8.45. The van der Waals surface area contributed by atoms with E-state index >= 15 is 0 Å². The largest absolute Gasteiger partial charge is 0.457 e. The maximum atomic E-state index is 6.88. The summed E-state index contributed by atoms with van der Waals surface area (Å²) in [6.45, 7) is 22.7. The van der Waals surface area contributed by atoms with Gasteiger partial charge in [-0.3, -0.25) is 9.13 Å². The topological polar surface area (TPSA) is 44.9 Å². The summed E-state index contributed by atoms with van der Waals surface area (Å²) in [6, 6.07) is 54.9. The number of aryl methyl sites for hydroxylation is 2. The van der Waals surface area contributed by atoms with Crippen molar-refractivity contribution in [1.82, 2.24) is 19.1 Å². The zero-order chi connectivity index (χ0) is 48.1. The zero-order valence-corrected chi connectivity index (χ0v) is 41.7. The van der Waals surface area contributed by atoms with Crippen LogP contribution in [0.1, 0.15) is 112 Å². The number of fused-ring (bicyclic) bond motifs is 3. The molecule has 0 amide bonds. The van der Waals surface area contributed by atoms with Gasteiger partial charge < -0.3 is 4.74 Å². The number of aromatic nitrogens is 4. The van der Waals surface area contributed by atoms with E-state index in [0.29, 0.717) is 23.7 Å². The highest BCUT2D eigenvalue weighted by molar-refractivity contribution is 6.11. The Kier molecular flexibility index (Phi) is 12.2. The van der Waals surface area contributed by atoms with E-state index < -0.39 is 0 Å². The smallest absolute Gasteiger partial charge is 0.144 e. The summed E-state index contributed by atoms with van der Waals surface area (Å²) in [5.41, 5.74) is 19.5. The van der Waals surface area contributed by atoms with Crippen molar-refractivity contribution in [2.24, 2.45) is 0 Å². The van der Waals surface area contributed by atoms with Crippen LogP contribution < -0.4 is 4.74 Å². The summed E-state index contributed by atoms with van der Waals surface area (Å²) in [5.74, 6) is 4.54. The molecule has 69 heavy (non-hydrogen) atoms.